The largest absolute Gasteiger partial charge is 0.486 e. The SMILES string of the molecule is COCc1nc(-c2ccc3c(c2)OCCO3)nc(Cl)c1Br. The van der Waals surface area contributed by atoms with Gasteiger partial charge in [0.25, 0.3) is 0 Å². The van der Waals surface area contributed by atoms with Crippen LogP contribution in [0.25, 0.3) is 11.4 Å². The zero-order valence-corrected chi connectivity index (χ0v) is 13.6. The molecule has 0 amide bonds. The van der Waals surface area contributed by atoms with E-state index in [0.717, 1.165) is 11.3 Å². The monoisotopic (exact) mass is 370 g/mol. The molecule has 1 aliphatic heterocycles. The highest BCUT2D eigenvalue weighted by molar-refractivity contribution is 9.10. The second kappa shape index (κ2) is 6.17. The lowest BCUT2D eigenvalue weighted by atomic mass is 10.1. The molecular formula is C14H12BrClN2O3. The number of ether oxygens (including phenoxy) is 3. The van der Waals surface area contributed by atoms with Crippen molar-refractivity contribution >= 4 is 27.5 Å². The molecule has 1 aromatic carbocycles. The van der Waals surface area contributed by atoms with Gasteiger partial charge in [0.15, 0.2) is 17.3 Å². The van der Waals surface area contributed by atoms with Crippen molar-refractivity contribution in [3.8, 4) is 22.9 Å². The Morgan fingerprint density at radius 2 is 2.00 bits per heavy atom. The molecule has 0 aliphatic carbocycles. The van der Waals surface area contributed by atoms with Crippen LogP contribution < -0.4 is 9.47 Å². The van der Waals surface area contributed by atoms with Gasteiger partial charge in [-0.15, -0.1) is 0 Å². The Bertz CT molecular complexity index is 682. The van der Waals surface area contributed by atoms with Crippen molar-refractivity contribution in [1.82, 2.24) is 9.97 Å². The van der Waals surface area contributed by atoms with Gasteiger partial charge in [-0.1, -0.05) is 11.6 Å². The van der Waals surface area contributed by atoms with Crippen LogP contribution in [0, 0.1) is 0 Å². The standard InChI is InChI=1S/C14H12BrClN2O3/c1-19-7-9-12(15)13(16)18-14(17-9)8-2-3-10-11(6-8)21-5-4-20-10/h2-3,6H,4-5,7H2,1H3. The van der Waals surface area contributed by atoms with Crippen LogP contribution in [-0.4, -0.2) is 30.3 Å². The average molecular weight is 372 g/mol. The minimum atomic E-state index is 0.348. The summed E-state index contributed by atoms with van der Waals surface area (Å²) in [6, 6.07) is 5.58. The van der Waals surface area contributed by atoms with E-state index in [2.05, 4.69) is 25.9 Å². The summed E-state index contributed by atoms with van der Waals surface area (Å²) < 4.78 is 16.8. The molecule has 1 aliphatic rings. The quantitative estimate of drug-likeness (QED) is 0.773. The number of benzene rings is 1. The van der Waals surface area contributed by atoms with Gasteiger partial charge < -0.3 is 14.2 Å². The van der Waals surface area contributed by atoms with Gasteiger partial charge in [0.2, 0.25) is 0 Å². The lowest BCUT2D eigenvalue weighted by molar-refractivity contribution is 0.171. The van der Waals surface area contributed by atoms with Crippen molar-refractivity contribution in [3.05, 3.63) is 33.5 Å². The number of nitrogens with zero attached hydrogens (tertiary/aromatic N) is 2. The predicted molar refractivity (Wildman–Crippen MR) is 81.9 cm³/mol. The summed E-state index contributed by atoms with van der Waals surface area (Å²) in [7, 11) is 1.60. The highest BCUT2D eigenvalue weighted by Gasteiger charge is 2.16. The maximum Gasteiger partial charge on any atom is 0.162 e. The van der Waals surface area contributed by atoms with Crippen molar-refractivity contribution < 1.29 is 14.2 Å². The van der Waals surface area contributed by atoms with E-state index in [1.165, 1.54) is 0 Å². The van der Waals surface area contributed by atoms with Crippen LogP contribution in [0.3, 0.4) is 0 Å². The van der Waals surface area contributed by atoms with E-state index in [4.69, 9.17) is 25.8 Å². The van der Waals surface area contributed by atoms with Crippen molar-refractivity contribution in [3.63, 3.8) is 0 Å². The Morgan fingerprint density at radius 1 is 1.24 bits per heavy atom. The van der Waals surface area contributed by atoms with Crippen molar-refractivity contribution in [2.75, 3.05) is 20.3 Å². The molecule has 0 spiro atoms. The fraction of sp³-hybridized carbons (Fsp3) is 0.286. The van der Waals surface area contributed by atoms with E-state index in [9.17, 15) is 0 Å². The number of halogens is 2. The minimum Gasteiger partial charge on any atom is -0.486 e. The van der Waals surface area contributed by atoms with E-state index in [1.54, 1.807) is 7.11 Å². The van der Waals surface area contributed by atoms with Crippen molar-refractivity contribution in [2.45, 2.75) is 6.61 Å². The summed E-state index contributed by atoms with van der Waals surface area (Å²) in [5.74, 6) is 1.94. The smallest absolute Gasteiger partial charge is 0.162 e. The van der Waals surface area contributed by atoms with Gasteiger partial charge >= 0.3 is 0 Å². The van der Waals surface area contributed by atoms with Gasteiger partial charge in [-0.3, -0.25) is 0 Å². The lowest BCUT2D eigenvalue weighted by Gasteiger charge is -2.18. The van der Waals surface area contributed by atoms with Crippen LogP contribution in [0.5, 0.6) is 11.5 Å². The number of fused-ring (bicyclic) bond motifs is 1. The average Bonchev–Trinajstić information content (AvgIpc) is 2.51. The van der Waals surface area contributed by atoms with E-state index >= 15 is 0 Å². The first-order valence-electron chi connectivity index (χ1n) is 6.30. The fourth-order valence-corrected chi connectivity index (χ4v) is 2.49. The van der Waals surface area contributed by atoms with E-state index in [0.29, 0.717) is 46.7 Å². The molecule has 5 nitrogen and oxygen atoms in total. The van der Waals surface area contributed by atoms with E-state index in [1.807, 2.05) is 18.2 Å². The van der Waals surface area contributed by atoms with Gasteiger partial charge in [-0.25, -0.2) is 9.97 Å². The molecule has 0 saturated carbocycles. The van der Waals surface area contributed by atoms with Crippen LogP contribution in [-0.2, 0) is 11.3 Å². The van der Waals surface area contributed by atoms with Gasteiger partial charge in [0, 0.05) is 12.7 Å². The lowest BCUT2D eigenvalue weighted by Crippen LogP contribution is -2.15. The normalized spacial score (nSPS) is 13.3. The number of rotatable bonds is 3. The van der Waals surface area contributed by atoms with Crippen molar-refractivity contribution in [2.24, 2.45) is 0 Å². The summed E-state index contributed by atoms with van der Waals surface area (Å²) in [5, 5.41) is 0.349. The first-order chi connectivity index (χ1) is 10.2. The van der Waals surface area contributed by atoms with Crippen LogP contribution in [0.4, 0.5) is 0 Å². The Hall–Kier alpha value is -1.37. The summed E-state index contributed by atoms with van der Waals surface area (Å²) in [6.07, 6.45) is 0. The number of hydrogen-bond donors (Lipinski definition) is 0. The highest BCUT2D eigenvalue weighted by atomic mass is 79.9. The third kappa shape index (κ3) is 2.97. The molecule has 110 valence electrons. The minimum absolute atomic E-state index is 0.348. The summed E-state index contributed by atoms with van der Waals surface area (Å²) >= 11 is 9.50. The maximum atomic E-state index is 6.14. The van der Waals surface area contributed by atoms with Gasteiger partial charge in [0.05, 0.1) is 16.8 Å². The second-order valence-electron chi connectivity index (χ2n) is 4.39. The van der Waals surface area contributed by atoms with Crippen LogP contribution >= 0.6 is 27.5 Å². The van der Waals surface area contributed by atoms with Gasteiger partial charge in [-0.2, -0.15) is 0 Å². The van der Waals surface area contributed by atoms with Gasteiger partial charge in [0.1, 0.15) is 18.4 Å². The molecule has 21 heavy (non-hydrogen) atoms. The van der Waals surface area contributed by atoms with Crippen molar-refractivity contribution in [1.29, 1.82) is 0 Å². The molecule has 0 bridgehead atoms. The molecule has 0 radical (unpaired) electrons. The highest BCUT2D eigenvalue weighted by Crippen LogP contribution is 2.34. The van der Waals surface area contributed by atoms with Crippen LogP contribution in [0.15, 0.2) is 22.7 Å². The maximum absolute atomic E-state index is 6.14. The van der Waals surface area contributed by atoms with Gasteiger partial charge in [-0.05, 0) is 34.1 Å². The van der Waals surface area contributed by atoms with E-state index in [-0.39, 0.29) is 0 Å². The molecule has 0 atom stereocenters. The number of hydrogen-bond acceptors (Lipinski definition) is 5. The molecule has 3 rings (SSSR count). The third-order valence-corrected chi connectivity index (χ3v) is 4.30. The molecule has 2 aromatic rings. The first kappa shape index (κ1) is 14.6. The number of aromatic nitrogens is 2. The molecule has 0 N–H and O–H groups in total. The second-order valence-corrected chi connectivity index (χ2v) is 5.54. The Morgan fingerprint density at radius 3 is 2.76 bits per heavy atom. The molecule has 0 fully saturated rings. The Balaban J connectivity index is 2.03. The zero-order chi connectivity index (χ0) is 14.8. The Kier molecular flexibility index (Phi) is 4.28. The summed E-state index contributed by atoms with van der Waals surface area (Å²) in [6.45, 7) is 1.44. The zero-order valence-electron chi connectivity index (χ0n) is 11.2. The van der Waals surface area contributed by atoms with Crippen LogP contribution in [0.1, 0.15) is 5.69 Å². The predicted octanol–water partition coefficient (Wildman–Crippen LogP) is 3.48. The third-order valence-electron chi connectivity index (χ3n) is 2.96. The Labute approximate surface area is 135 Å². The summed E-state index contributed by atoms with van der Waals surface area (Å²) in [4.78, 5) is 8.77. The molecule has 7 heteroatoms. The summed E-state index contributed by atoms with van der Waals surface area (Å²) in [5.41, 5.74) is 1.51. The molecule has 0 saturated heterocycles. The molecule has 0 unspecified atom stereocenters. The first-order valence-corrected chi connectivity index (χ1v) is 7.47. The fourth-order valence-electron chi connectivity index (χ4n) is 2.01. The molecule has 2 heterocycles. The van der Waals surface area contributed by atoms with E-state index < -0.39 is 0 Å². The molecule has 1 aromatic heterocycles. The molecular weight excluding hydrogens is 360 g/mol. The van der Waals surface area contributed by atoms with Crippen LogP contribution in [0.2, 0.25) is 5.15 Å². The topological polar surface area (TPSA) is 53.5 Å². The number of methoxy groups -OCH3 is 1.